The van der Waals surface area contributed by atoms with E-state index in [9.17, 15) is 13.2 Å². The summed E-state index contributed by atoms with van der Waals surface area (Å²) in [4.78, 5) is 17.7. The van der Waals surface area contributed by atoms with E-state index in [2.05, 4.69) is 17.0 Å². The second kappa shape index (κ2) is 8.80. The summed E-state index contributed by atoms with van der Waals surface area (Å²) in [5.41, 5.74) is 4.38. The highest BCUT2D eigenvalue weighted by atomic mass is 32.2. The fourth-order valence-electron chi connectivity index (χ4n) is 4.91. The summed E-state index contributed by atoms with van der Waals surface area (Å²) in [5.74, 6) is 0.00278. The Balaban J connectivity index is 1.33. The molecule has 2 aliphatic rings. The number of fused-ring (bicyclic) bond motifs is 1. The van der Waals surface area contributed by atoms with Gasteiger partial charge in [-0.1, -0.05) is 35.9 Å². The van der Waals surface area contributed by atoms with Gasteiger partial charge in [0.05, 0.1) is 10.6 Å². The zero-order valence-electron chi connectivity index (χ0n) is 19.5. The van der Waals surface area contributed by atoms with Crippen LogP contribution >= 0.6 is 0 Å². The van der Waals surface area contributed by atoms with Gasteiger partial charge in [0.25, 0.3) is 15.9 Å². The first-order valence-electron chi connectivity index (χ1n) is 11.7. The van der Waals surface area contributed by atoms with E-state index in [1.165, 1.54) is 9.99 Å². The summed E-state index contributed by atoms with van der Waals surface area (Å²) in [6, 6.07) is 22.4. The number of aryl methyl sites for hydroxylation is 1. The lowest BCUT2D eigenvalue weighted by Crippen LogP contribution is -2.48. The summed E-state index contributed by atoms with van der Waals surface area (Å²) < 4.78 is 28.3. The molecule has 7 heteroatoms. The molecular formula is C27H29N3O3S. The van der Waals surface area contributed by atoms with E-state index in [0.717, 1.165) is 24.2 Å². The Labute approximate surface area is 201 Å². The van der Waals surface area contributed by atoms with Gasteiger partial charge in [-0.25, -0.2) is 8.42 Å². The van der Waals surface area contributed by atoms with Crippen molar-refractivity contribution in [2.75, 3.05) is 35.4 Å². The third kappa shape index (κ3) is 4.05. The van der Waals surface area contributed by atoms with Crippen molar-refractivity contribution >= 4 is 27.3 Å². The van der Waals surface area contributed by atoms with Crippen molar-refractivity contribution in [1.82, 2.24) is 4.90 Å². The second-order valence-corrected chi connectivity index (χ2v) is 10.9. The molecule has 0 aromatic heterocycles. The number of piperazine rings is 1. The van der Waals surface area contributed by atoms with Gasteiger partial charge < -0.3 is 9.80 Å². The lowest BCUT2D eigenvalue weighted by atomic mass is 10.1. The first kappa shape index (κ1) is 22.5. The molecule has 6 nitrogen and oxygen atoms in total. The molecule has 1 amide bonds. The number of benzene rings is 3. The predicted molar refractivity (Wildman–Crippen MR) is 135 cm³/mol. The molecule has 176 valence electrons. The Morgan fingerprint density at radius 1 is 0.882 bits per heavy atom. The summed E-state index contributed by atoms with van der Waals surface area (Å²) in [6.07, 6.45) is 0.587. The van der Waals surface area contributed by atoms with E-state index in [1.54, 1.807) is 24.3 Å². The molecule has 3 aromatic carbocycles. The van der Waals surface area contributed by atoms with E-state index in [0.29, 0.717) is 30.8 Å². The number of nitrogens with zero attached hydrogens (tertiary/aromatic N) is 3. The van der Waals surface area contributed by atoms with Crippen LogP contribution in [0.15, 0.2) is 77.7 Å². The number of hydrogen-bond donors (Lipinski definition) is 0. The number of hydrogen-bond acceptors (Lipinski definition) is 4. The highest BCUT2D eigenvalue weighted by Gasteiger charge is 2.36. The molecule has 0 unspecified atom stereocenters. The van der Waals surface area contributed by atoms with Gasteiger partial charge in [-0.3, -0.25) is 9.10 Å². The Morgan fingerprint density at radius 2 is 1.56 bits per heavy atom. The lowest BCUT2D eigenvalue weighted by Gasteiger charge is -2.36. The van der Waals surface area contributed by atoms with E-state index < -0.39 is 10.0 Å². The Kier molecular flexibility index (Phi) is 5.81. The van der Waals surface area contributed by atoms with Crippen LogP contribution in [0.3, 0.4) is 0 Å². The maximum absolute atomic E-state index is 13.4. The molecule has 1 atom stereocenters. The maximum Gasteiger partial charge on any atom is 0.264 e. The van der Waals surface area contributed by atoms with Crippen molar-refractivity contribution in [2.24, 2.45) is 0 Å². The number of anilines is 2. The van der Waals surface area contributed by atoms with Crippen LogP contribution in [0, 0.1) is 6.92 Å². The molecule has 0 spiro atoms. The topological polar surface area (TPSA) is 60.9 Å². The van der Waals surface area contributed by atoms with Gasteiger partial charge in [0.2, 0.25) is 0 Å². The Morgan fingerprint density at radius 3 is 2.24 bits per heavy atom. The van der Waals surface area contributed by atoms with Crippen molar-refractivity contribution < 1.29 is 13.2 Å². The van der Waals surface area contributed by atoms with Crippen LogP contribution in [-0.2, 0) is 16.4 Å². The van der Waals surface area contributed by atoms with E-state index in [-0.39, 0.29) is 16.8 Å². The minimum Gasteiger partial charge on any atom is -0.368 e. The zero-order chi connectivity index (χ0) is 23.9. The molecule has 5 rings (SSSR count). The van der Waals surface area contributed by atoms with Crippen LogP contribution in [0.2, 0.25) is 0 Å². The summed E-state index contributed by atoms with van der Waals surface area (Å²) in [5, 5.41) is 0. The van der Waals surface area contributed by atoms with Gasteiger partial charge in [-0.2, -0.15) is 0 Å². The van der Waals surface area contributed by atoms with Gasteiger partial charge in [-0.05, 0) is 68.3 Å². The summed E-state index contributed by atoms with van der Waals surface area (Å²) in [6.45, 7) is 6.76. The molecule has 1 fully saturated rings. The third-order valence-corrected chi connectivity index (χ3v) is 8.69. The van der Waals surface area contributed by atoms with E-state index >= 15 is 0 Å². The van der Waals surface area contributed by atoms with E-state index in [1.807, 2.05) is 55.1 Å². The number of amides is 1. The maximum atomic E-state index is 13.4. The van der Waals surface area contributed by atoms with Crippen molar-refractivity contribution in [3.8, 4) is 0 Å². The predicted octanol–water partition coefficient (Wildman–Crippen LogP) is 4.10. The number of carbonyl (C=O) groups is 1. The standard InChI is InChI=1S/C27H29N3O3S/c1-20-8-11-25(12-9-20)34(32,33)30-21(2)18-23-19-22(10-13-26(23)30)27(31)29-16-14-28(15-17-29)24-6-4-3-5-7-24/h3-13,19,21H,14-18H2,1-2H3/t21-/m1/s1. The molecular weight excluding hydrogens is 446 g/mol. The molecule has 1 saturated heterocycles. The van der Waals surface area contributed by atoms with Gasteiger partial charge >= 0.3 is 0 Å². The van der Waals surface area contributed by atoms with Gasteiger partial charge in [0, 0.05) is 43.5 Å². The van der Waals surface area contributed by atoms with Crippen molar-refractivity contribution in [1.29, 1.82) is 0 Å². The SMILES string of the molecule is Cc1ccc(S(=O)(=O)N2c3ccc(C(=O)N4CCN(c5ccccc5)CC4)cc3C[C@H]2C)cc1. The molecule has 0 radical (unpaired) electrons. The van der Waals surface area contributed by atoms with Crippen molar-refractivity contribution in [3.05, 3.63) is 89.5 Å². The molecule has 3 aromatic rings. The van der Waals surface area contributed by atoms with Crippen LogP contribution in [0.1, 0.15) is 28.4 Å². The van der Waals surface area contributed by atoms with Crippen LogP contribution in [0.4, 0.5) is 11.4 Å². The van der Waals surface area contributed by atoms with Gasteiger partial charge in [0.15, 0.2) is 0 Å². The Hall–Kier alpha value is -3.32. The van der Waals surface area contributed by atoms with Crippen molar-refractivity contribution in [2.45, 2.75) is 31.2 Å². The fourth-order valence-corrected chi connectivity index (χ4v) is 6.61. The Bertz CT molecular complexity index is 1300. The molecule has 0 N–H and O–H groups in total. The average Bonchev–Trinajstić information content (AvgIpc) is 3.20. The summed E-state index contributed by atoms with van der Waals surface area (Å²) >= 11 is 0. The van der Waals surface area contributed by atoms with Gasteiger partial charge in [0.1, 0.15) is 0 Å². The largest absolute Gasteiger partial charge is 0.368 e. The normalized spacial score (nSPS) is 18.2. The van der Waals surface area contributed by atoms with Crippen LogP contribution in [0.25, 0.3) is 0 Å². The minimum absolute atomic E-state index is 0.00278. The molecule has 0 saturated carbocycles. The molecule has 34 heavy (non-hydrogen) atoms. The quantitative estimate of drug-likeness (QED) is 0.570. The lowest BCUT2D eigenvalue weighted by molar-refractivity contribution is 0.0746. The highest BCUT2D eigenvalue weighted by Crippen LogP contribution is 2.37. The third-order valence-electron chi connectivity index (χ3n) is 6.75. The highest BCUT2D eigenvalue weighted by molar-refractivity contribution is 7.92. The molecule has 0 aliphatic carbocycles. The number of sulfonamides is 1. The average molecular weight is 476 g/mol. The van der Waals surface area contributed by atoms with Gasteiger partial charge in [-0.15, -0.1) is 0 Å². The molecule has 2 aliphatic heterocycles. The first-order chi connectivity index (χ1) is 16.3. The molecule has 2 heterocycles. The first-order valence-corrected chi connectivity index (χ1v) is 13.1. The van der Waals surface area contributed by atoms with Crippen LogP contribution in [0.5, 0.6) is 0 Å². The fraction of sp³-hybridized carbons (Fsp3) is 0.296. The minimum atomic E-state index is -3.67. The molecule has 0 bridgehead atoms. The van der Waals surface area contributed by atoms with Crippen molar-refractivity contribution in [3.63, 3.8) is 0 Å². The van der Waals surface area contributed by atoms with Crippen LogP contribution in [-0.4, -0.2) is 51.4 Å². The number of para-hydroxylation sites is 1. The zero-order valence-corrected chi connectivity index (χ0v) is 20.3. The smallest absolute Gasteiger partial charge is 0.264 e. The number of rotatable bonds is 4. The number of carbonyl (C=O) groups excluding carboxylic acids is 1. The van der Waals surface area contributed by atoms with Crippen LogP contribution < -0.4 is 9.21 Å². The van der Waals surface area contributed by atoms with E-state index in [4.69, 9.17) is 0 Å². The summed E-state index contributed by atoms with van der Waals surface area (Å²) in [7, 11) is -3.67. The monoisotopic (exact) mass is 475 g/mol. The second-order valence-electron chi connectivity index (χ2n) is 9.13.